The summed E-state index contributed by atoms with van der Waals surface area (Å²) in [6.45, 7) is 10.7. The Morgan fingerprint density at radius 2 is 1.93 bits per heavy atom. The van der Waals surface area contributed by atoms with E-state index in [1.165, 1.54) is 42.6 Å². The van der Waals surface area contributed by atoms with E-state index in [4.69, 9.17) is 4.74 Å². The Kier molecular flexibility index (Phi) is 7.10. The van der Waals surface area contributed by atoms with Gasteiger partial charge < -0.3 is 10.1 Å². The van der Waals surface area contributed by atoms with E-state index >= 15 is 0 Å². The van der Waals surface area contributed by atoms with Gasteiger partial charge in [-0.2, -0.15) is 0 Å². The predicted octanol–water partition coefficient (Wildman–Crippen LogP) is 4.34. The third-order valence-corrected chi connectivity index (χ3v) is 5.50. The Hall–Kier alpha value is -2.33. The van der Waals surface area contributed by atoms with Crippen molar-refractivity contribution in [3.05, 3.63) is 64.7 Å². The van der Waals surface area contributed by atoms with Crippen LogP contribution < -0.4 is 10.1 Å². The van der Waals surface area contributed by atoms with Gasteiger partial charge in [0.2, 0.25) is 0 Å². The summed E-state index contributed by atoms with van der Waals surface area (Å²) in [5.41, 5.74) is 4.42. The zero-order valence-corrected chi connectivity index (χ0v) is 17.3. The van der Waals surface area contributed by atoms with E-state index < -0.39 is 0 Å². The van der Waals surface area contributed by atoms with Crippen molar-refractivity contribution in [3.63, 3.8) is 0 Å². The lowest BCUT2D eigenvalue weighted by Gasteiger charge is -2.30. The minimum atomic E-state index is -0.0539. The fraction of sp³-hybridized carbons (Fsp3) is 0.458. The molecule has 0 bridgehead atoms. The van der Waals surface area contributed by atoms with Crippen molar-refractivity contribution in [2.24, 2.45) is 5.92 Å². The molecule has 1 aliphatic rings. The Labute approximate surface area is 168 Å². The van der Waals surface area contributed by atoms with Crippen molar-refractivity contribution in [2.75, 3.05) is 26.2 Å². The molecule has 1 amide bonds. The van der Waals surface area contributed by atoms with Gasteiger partial charge in [-0.15, -0.1) is 0 Å². The maximum absolute atomic E-state index is 12.3. The quantitative estimate of drug-likeness (QED) is 0.727. The molecule has 2 aromatic carbocycles. The lowest BCUT2D eigenvalue weighted by atomic mass is 9.99. The summed E-state index contributed by atoms with van der Waals surface area (Å²) in [6, 6.07) is 14.0. The van der Waals surface area contributed by atoms with Crippen molar-refractivity contribution >= 4 is 5.91 Å². The molecule has 4 nitrogen and oxygen atoms in total. The standard InChI is InChI=1S/C24H32N2O2/c1-18-5-4-13-26(16-18)17-21-7-9-22(10-8-21)24(27)25-12-14-28-23-11-6-19(2)20(3)15-23/h6-11,15,18H,4-5,12-14,16-17H2,1-3H3,(H,25,27)/t18-/m0/s1. The second-order valence-electron chi connectivity index (χ2n) is 8.03. The van der Waals surface area contributed by atoms with Gasteiger partial charge in [0.1, 0.15) is 12.4 Å². The van der Waals surface area contributed by atoms with Gasteiger partial charge in [-0.1, -0.05) is 25.1 Å². The van der Waals surface area contributed by atoms with E-state index in [2.05, 4.69) is 49.2 Å². The number of aryl methyl sites for hydroxylation is 2. The molecule has 1 N–H and O–H groups in total. The molecule has 1 aliphatic heterocycles. The van der Waals surface area contributed by atoms with Gasteiger partial charge in [0, 0.05) is 18.7 Å². The normalized spacial score (nSPS) is 17.3. The second-order valence-corrected chi connectivity index (χ2v) is 8.03. The molecule has 0 aromatic heterocycles. The van der Waals surface area contributed by atoms with Crippen LogP contribution in [0.25, 0.3) is 0 Å². The lowest BCUT2D eigenvalue weighted by Crippen LogP contribution is -2.33. The topological polar surface area (TPSA) is 41.6 Å². The van der Waals surface area contributed by atoms with Crippen LogP contribution in [0.2, 0.25) is 0 Å². The number of nitrogens with one attached hydrogen (secondary N) is 1. The van der Waals surface area contributed by atoms with Gasteiger partial charge in [-0.05, 0) is 80.1 Å². The molecule has 3 rings (SSSR count). The van der Waals surface area contributed by atoms with E-state index in [1.54, 1.807) is 0 Å². The smallest absolute Gasteiger partial charge is 0.251 e. The molecule has 1 heterocycles. The number of nitrogens with zero attached hydrogens (tertiary/aromatic N) is 1. The highest BCUT2D eigenvalue weighted by atomic mass is 16.5. The molecular formula is C24H32N2O2. The number of amides is 1. The van der Waals surface area contributed by atoms with Crippen LogP contribution in [0.1, 0.15) is 46.8 Å². The van der Waals surface area contributed by atoms with Crippen molar-refractivity contribution in [1.29, 1.82) is 0 Å². The summed E-state index contributed by atoms with van der Waals surface area (Å²) in [4.78, 5) is 14.8. The van der Waals surface area contributed by atoms with E-state index in [9.17, 15) is 4.79 Å². The monoisotopic (exact) mass is 380 g/mol. The maximum Gasteiger partial charge on any atom is 0.251 e. The minimum Gasteiger partial charge on any atom is -0.492 e. The number of likely N-dealkylation sites (tertiary alicyclic amines) is 1. The number of hydrogen-bond donors (Lipinski definition) is 1. The third kappa shape index (κ3) is 5.83. The average Bonchev–Trinajstić information content (AvgIpc) is 2.68. The van der Waals surface area contributed by atoms with Crippen LogP contribution in [0, 0.1) is 19.8 Å². The summed E-state index contributed by atoms with van der Waals surface area (Å²) >= 11 is 0. The van der Waals surface area contributed by atoms with Crippen molar-refractivity contribution in [3.8, 4) is 5.75 Å². The first kappa shape index (κ1) is 20.4. The maximum atomic E-state index is 12.3. The number of ether oxygens (including phenoxy) is 1. The molecule has 0 saturated carbocycles. The summed E-state index contributed by atoms with van der Waals surface area (Å²) in [6.07, 6.45) is 2.62. The van der Waals surface area contributed by atoms with E-state index in [1.807, 2.05) is 24.3 Å². The molecule has 4 heteroatoms. The summed E-state index contributed by atoms with van der Waals surface area (Å²) < 4.78 is 5.72. The van der Waals surface area contributed by atoms with Crippen LogP contribution in [0.15, 0.2) is 42.5 Å². The number of hydrogen-bond acceptors (Lipinski definition) is 3. The third-order valence-electron chi connectivity index (χ3n) is 5.50. The molecule has 0 radical (unpaired) electrons. The molecular weight excluding hydrogens is 348 g/mol. The molecule has 1 atom stereocenters. The fourth-order valence-corrected chi connectivity index (χ4v) is 3.69. The highest BCUT2D eigenvalue weighted by molar-refractivity contribution is 5.94. The molecule has 0 spiro atoms. The SMILES string of the molecule is Cc1ccc(OCCNC(=O)c2ccc(CN3CCC[C@H](C)C3)cc2)cc1C. The zero-order valence-electron chi connectivity index (χ0n) is 17.3. The first-order chi connectivity index (χ1) is 13.5. The number of carbonyl (C=O) groups excluding carboxylic acids is 1. The number of carbonyl (C=O) groups is 1. The van der Waals surface area contributed by atoms with Crippen LogP contribution in [0.4, 0.5) is 0 Å². The summed E-state index contributed by atoms with van der Waals surface area (Å²) in [5.74, 6) is 1.57. The first-order valence-electron chi connectivity index (χ1n) is 10.3. The number of piperidine rings is 1. The molecule has 150 valence electrons. The summed E-state index contributed by atoms with van der Waals surface area (Å²) in [7, 11) is 0. The zero-order chi connectivity index (χ0) is 19.9. The predicted molar refractivity (Wildman–Crippen MR) is 114 cm³/mol. The van der Waals surface area contributed by atoms with Crippen molar-refractivity contribution in [2.45, 2.75) is 40.2 Å². The highest BCUT2D eigenvalue weighted by Gasteiger charge is 2.16. The van der Waals surface area contributed by atoms with Crippen LogP contribution in [0.3, 0.4) is 0 Å². The Morgan fingerprint density at radius 3 is 2.64 bits per heavy atom. The van der Waals surface area contributed by atoms with E-state index in [-0.39, 0.29) is 5.91 Å². The van der Waals surface area contributed by atoms with Crippen LogP contribution in [0.5, 0.6) is 5.75 Å². The van der Waals surface area contributed by atoms with Gasteiger partial charge in [-0.25, -0.2) is 0 Å². The Balaban J connectivity index is 1.42. The molecule has 28 heavy (non-hydrogen) atoms. The molecule has 1 saturated heterocycles. The lowest BCUT2D eigenvalue weighted by molar-refractivity contribution is 0.0947. The van der Waals surface area contributed by atoms with Crippen molar-refractivity contribution < 1.29 is 9.53 Å². The minimum absolute atomic E-state index is 0.0539. The first-order valence-corrected chi connectivity index (χ1v) is 10.3. The van der Waals surface area contributed by atoms with E-state index in [0.29, 0.717) is 18.7 Å². The fourth-order valence-electron chi connectivity index (χ4n) is 3.69. The van der Waals surface area contributed by atoms with Gasteiger partial charge in [0.15, 0.2) is 0 Å². The van der Waals surface area contributed by atoms with Crippen LogP contribution >= 0.6 is 0 Å². The summed E-state index contributed by atoms with van der Waals surface area (Å²) in [5, 5.41) is 2.93. The van der Waals surface area contributed by atoms with Gasteiger partial charge in [0.05, 0.1) is 6.54 Å². The van der Waals surface area contributed by atoms with Gasteiger partial charge in [0.25, 0.3) is 5.91 Å². The van der Waals surface area contributed by atoms with E-state index in [0.717, 1.165) is 18.2 Å². The number of rotatable bonds is 7. The Morgan fingerprint density at radius 1 is 1.14 bits per heavy atom. The molecule has 2 aromatic rings. The Bertz CT molecular complexity index is 786. The van der Waals surface area contributed by atoms with Crippen LogP contribution in [-0.2, 0) is 6.54 Å². The molecule has 1 fully saturated rings. The molecule has 0 unspecified atom stereocenters. The number of benzene rings is 2. The molecule has 0 aliphatic carbocycles. The average molecular weight is 381 g/mol. The highest BCUT2D eigenvalue weighted by Crippen LogP contribution is 2.18. The van der Waals surface area contributed by atoms with Crippen LogP contribution in [-0.4, -0.2) is 37.0 Å². The van der Waals surface area contributed by atoms with Gasteiger partial charge in [-0.3, -0.25) is 9.69 Å². The van der Waals surface area contributed by atoms with Gasteiger partial charge >= 0.3 is 0 Å². The van der Waals surface area contributed by atoms with Crippen molar-refractivity contribution in [1.82, 2.24) is 10.2 Å². The largest absolute Gasteiger partial charge is 0.492 e. The second kappa shape index (κ2) is 9.74.